The number of amides is 1. The van der Waals surface area contributed by atoms with Gasteiger partial charge in [0.15, 0.2) is 0 Å². The molecule has 2 N–H and O–H groups in total. The van der Waals surface area contributed by atoms with E-state index in [1.165, 1.54) is 38.5 Å². The largest absolute Gasteiger partial charge is 0.370 e. The molecular weight excluding hydrogens is 346 g/mol. The molecule has 28 heavy (non-hydrogen) atoms. The van der Waals surface area contributed by atoms with Crippen molar-refractivity contribution in [1.29, 1.82) is 0 Å². The van der Waals surface area contributed by atoms with Crippen LogP contribution in [0.2, 0.25) is 0 Å². The Labute approximate surface area is 167 Å². The van der Waals surface area contributed by atoms with Crippen LogP contribution in [0.4, 0.5) is 11.5 Å². The van der Waals surface area contributed by atoms with Crippen LogP contribution in [0.15, 0.2) is 30.3 Å². The highest BCUT2D eigenvalue weighted by atomic mass is 16.1. The van der Waals surface area contributed by atoms with Crippen LogP contribution in [-0.2, 0) is 4.79 Å². The van der Waals surface area contributed by atoms with Gasteiger partial charge in [-0.3, -0.25) is 4.79 Å². The van der Waals surface area contributed by atoms with Crippen LogP contribution in [0.1, 0.15) is 51.4 Å². The highest BCUT2D eigenvalue weighted by molar-refractivity contribution is 6.01. The molecule has 4 nitrogen and oxygen atoms in total. The van der Waals surface area contributed by atoms with E-state index in [9.17, 15) is 4.79 Å². The van der Waals surface area contributed by atoms with Crippen molar-refractivity contribution in [3.8, 4) is 0 Å². The van der Waals surface area contributed by atoms with E-state index < -0.39 is 0 Å². The molecule has 4 aliphatic rings. The number of rotatable bonds is 6. The van der Waals surface area contributed by atoms with Gasteiger partial charge in [0, 0.05) is 18.4 Å². The van der Waals surface area contributed by atoms with Gasteiger partial charge >= 0.3 is 0 Å². The molecule has 0 atom stereocenters. The second-order valence-corrected chi connectivity index (χ2v) is 9.49. The summed E-state index contributed by atoms with van der Waals surface area (Å²) in [5, 5.41) is 7.49. The summed E-state index contributed by atoms with van der Waals surface area (Å²) in [6.45, 7) is 4.65. The Balaban J connectivity index is 1.32. The Bertz CT molecular complexity index is 855. The Kier molecular flexibility index (Phi) is 4.53. The van der Waals surface area contributed by atoms with Crippen molar-refractivity contribution in [3.63, 3.8) is 0 Å². The first-order chi connectivity index (χ1) is 13.6. The van der Waals surface area contributed by atoms with Crippen molar-refractivity contribution in [1.82, 2.24) is 4.98 Å². The third kappa shape index (κ3) is 3.38. The Morgan fingerprint density at radius 1 is 1.07 bits per heavy atom. The molecule has 0 saturated heterocycles. The second kappa shape index (κ2) is 7.06. The number of aromatic nitrogens is 1. The average molecular weight is 377 g/mol. The number of hydrogen-bond donors (Lipinski definition) is 2. The standard InChI is InChI=1S/C24H30N3O/c1-2-8-25-22-7-6-19-20(26-22)4-3-5-21(19)27-23(28)15-24-12-16-9-17(13-24)11-18(10-16)14-24/h3-7,16-18H,1-2,8-15H2,(H,25,26)(H,27,28). The lowest BCUT2D eigenvalue weighted by atomic mass is 9.49. The van der Waals surface area contributed by atoms with Gasteiger partial charge in [-0.05, 0) is 92.4 Å². The molecule has 0 spiro atoms. The van der Waals surface area contributed by atoms with Crippen molar-refractivity contribution in [2.75, 3.05) is 17.2 Å². The predicted octanol–water partition coefficient (Wildman–Crippen LogP) is 5.42. The molecule has 4 bridgehead atoms. The topological polar surface area (TPSA) is 54.0 Å². The van der Waals surface area contributed by atoms with Gasteiger partial charge in [0.05, 0.1) is 11.2 Å². The molecule has 2 aromatic rings. The summed E-state index contributed by atoms with van der Waals surface area (Å²) in [6.07, 6.45) is 9.56. The first-order valence-electron chi connectivity index (χ1n) is 10.9. The van der Waals surface area contributed by atoms with Crippen LogP contribution in [-0.4, -0.2) is 17.4 Å². The van der Waals surface area contributed by atoms with Gasteiger partial charge in [0.25, 0.3) is 0 Å². The van der Waals surface area contributed by atoms with Gasteiger partial charge in [-0.15, -0.1) is 0 Å². The molecule has 1 heterocycles. The summed E-state index contributed by atoms with van der Waals surface area (Å²) in [5.74, 6) is 3.67. The number of benzene rings is 1. The number of anilines is 2. The monoisotopic (exact) mass is 376 g/mol. The van der Waals surface area contributed by atoms with Crippen LogP contribution in [0.5, 0.6) is 0 Å². The maximum atomic E-state index is 13.0. The first-order valence-corrected chi connectivity index (χ1v) is 10.9. The number of nitrogens with one attached hydrogen (secondary N) is 2. The van der Waals surface area contributed by atoms with Crippen LogP contribution in [0, 0.1) is 30.1 Å². The molecule has 4 heteroatoms. The molecule has 4 aliphatic carbocycles. The number of fused-ring (bicyclic) bond motifs is 1. The van der Waals surface area contributed by atoms with Crippen LogP contribution < -0.4 is 10.6 Å². The zero-order valence-electron chi connectivity index (χ0n) is 16.5. The fourth-order valence-corrected chi connectivity index (χ4v) is 6.62. The highest BCUT2D eigenvalue weighted by Gasteiger charge is 2.51. The number of hydrogen-bond acceptors (Lipinski definition) is 3. The molecular formula is C24H30N3O. The highest BCUT2D eigenvalue weighted by Crippen LogP contribution is 2.61. The smallest absolute Gasteiger partial charge is 0.224 e. The fraction of sp³-hybridized carbons (Fsp3) is 0.542. The molecule has 147 valence electrons. The summed E-state index contributed by atoms with van der Waals surface area (Å²) >= 11 is 0. The zero-order valence-corrected chi connectivity index (χ0v) is 16.5. The van der Waals surface area contributed by atoms with Crippen molar-refractivity contribution in [2.24, 2.45) is 23.2 Å². The van der Waals surface area contributed by atoms with Crippen LogP contribution in [0.3, 0.4) is 0 Å². The molecule has 1 aromatic heterocycles. The molecule has 4 saturated carbocycles. The van der Waals surface area contributed by atoms with E-state index in [4.69, 9.17) is 0 Å². The van der Waals surface area contributed by atoms with Crippen molar-refractivity contribution >= 4 is 28.3 Å². The number of nitrogens with zero attached hydrogens (tertiary/aromatic N) is 1. The fourth-order valence-electron chi connectivity index (χ4n) is 6.62. The van der Waals surface area contributed by atoms with Crippen LogP contribution in [0.25, 0.3) is 10.9 Å². The predicted molar refractivity (Wildman–Crippen MR) is 114 cm³/mol. The minimum absolute atomic E-state index is 0.175. The minimum Gasteiger partial charge on any atom is -0.370 e. The molecule has 1 aromatic carbocycles. The zero-order chi connectivity index (χ0) is 19.1. The Hall–Kier alpha value is -2.10. The normalized spacial score (nSPS) is 30.5. The third-order valence-corrected chi connectivity index (χ3v) is 7.19. The van der Waals surface area contributed by atoms with Crippen molar-refractivity contribution in [2.45, 2.75) is 51.4 Å². The lowest BCUT2D eigenvalue weighted by Gasteiger charge is -2.56. The summed E-state index contributed by atoms with van der Waals surface area (Å²) in [5.41, 5.74) is 2.05. The summed E-state index contributed by atoms with van der Waals surface area (Å²) in [4.78, 5) is 17.7. The minimum atomic E-state index is 0.175. The van der Waals surface area contributed by atoms with Crippen molar-refractivity contribution < 1.29 is 4.79 Å². The summed E-state index contributed by atoms with van der Waals surface area (Å²) in [6, 6.07) is 9.99. The molecule has 0 aliphatic heterocycles. The summed E-state index contributed by atoms with van der Waals surface area (Å²) < 4.78 is 0. The molecule has 1 amide bonds. The molecule has 1 radical (unpaired) electrons. The number of carbonyl (C=O) groups is 1. The Morgan fingerprint density at radius 2 is 1.79 bits per heavy atom. The maximum Gasteiger partial charge on any atom is 0.224 e. The van der Waals surface area contributed by atoms with Gasteiger partial charge in [0.1, 0.15) is 5.82 Å². The van der Waals surface area contributed by atoms with E-state index in [0.29, 0.717) is 6.42 Å². The SMILES string of the molecule is [CH2]CCNc1ccc2c(NC(=O)CC34CC5CC(CC(C5)C3)C4)cccc2n1. The van der Waals surface area contributed by atoms with Gasteiger partial charge in [0.2, 0.25) is 5.91 Å². The lowest BCUT2D eigenvalue weighted by Crippen LogP contribution is -2.47. The first kappa shape index (κ1) is 18.0. The van der Waals surface area contributed by atoms with E-state index >= 15 is 0 Å². The van der Waals surface area contributed by atoms with Gasteiger partial charge in [-0.1, -0.05) is 13.0 Å². The van der Waals surface area contributed by atoms with E-state index in [1.807, 2.05) is 30.3 Å². The Morgan fingerprint density at radius 3 is 2.46 bits per heavy atom. The molecule has 6 rings (SSSR count). The third-order valence-electron chi connectivity index (χ3n) is 7.19. The van der Waals surface area contributed by atoms with Gasteiger partial charge < -0.3 is 10.6 Å². The van der Waals surface area contributed by atoms with Crippen molar-refractivity contribution in [3.05, 3.63) is 37.3 Å². The quantitative estimate of drug-likeness (QED) is 0.708. The van der Waals surface area contributed by atoms with E-state index in [1.54, 1.807) is 0 Å². The number of carbonyl (C=O) groups excluding carboxylic acids is 1. The number of pyridine rings is 1. The van der Waals surface area contributed by atoms with E-state index in [-0.39, 0.29) is 11.3 Å². The molecule has 4 fully saturated rings. The lowest BCUT2D eigenvalue weighted by molar-refractivity contribution is -0.124. The van der Waals surface area contributed by atoms with E-state index in [2.05, 4.69) is 22.5 Å². The second-order valence-electron chi connectivity index (χ2n) is 9.49. The maximum absolute atomic E-state index is 13.0. The van der Waals surface area contributed by atoms with E-state index in [0.717, 1.165) is 53.1 Å². The van der Waals surface area contributed by atoms with Gasteiger partial charge in [-0.25, -0.2) is 4.98 Å². The molecule has 0 unspecified atom stereocenters. The summed E-state index contributed by atoms with van der Waals surface area (Å²) in [7, 11) is 0. The van der Waals surface area contributed by atoms with Crippen LogP contribution >= 0.6 is 0 Å². The van der Waals surface area contributed by atoms with Gasteiger partial charge in [-0.2, -0.15) is 0 Å². The average Bonchev–Trinajstić information content (AvgIpc) is 2.64.